The Labute approximate surface area is 207 Å². The number of hydrogen-bond donors (Lipinski definition) is 3. The van der Waals surface area contributed by atoms with Crippen molar-refractivity contribution in [2.45, 2.75) is 6.54 Å². The summed E-state index contributed by atoms with van der Waals surface area (Å²) in [6, 6.07) is 8.78. The van der Waals surface area contributed by atoms with Gasteiger partial charge in [0, 0.05) is 49.0 Å². The molecule has 0 atom stereocenters. The van der Waals surface area contributed by atoms with E-state index in [1.807, 2.05) is 18.2 Å². The number of halogens is 1. The maximum Gasteiger partial charge on any atom is 0.413 e. The van der Waals surface area contributed by atoms with Crippen molar-refractivity contribution in [1.29, 1.82) is 0 Å². The number of amides is 1. The summed E-state index contributed by atoms with van der Waals surface area (Å²) >= 11 is 6.26. The molecule has 14 heteroatoms. The molecule has 0 saturated carbocycles. The molecule has 0 aliphatic carbocycles. The van der Waals surface area contributed by atoms with Crippen molar-refractivity contribution in [2.24, 2.45) is 14.1 Å². The van der Waals surface area contributed by atoms with Crippen molar-refractivity contribution in [2.75, 3.05) is 17.3 Å². The number of fused-ring (bicyclic) bond motifs is 2. The molecule has 1 aromatic carbocycles. The van der Waals surface area contributed by atoms with Crippen LogP contribution < -0.4 is 21.5 Å². The van der Waals surface area contributed by atoms with Crippen molar-refractivity contribution in [1.82, 2.24) is 33.6 Å². The van der Waals surface area contributed by atoms with Crippen LogP contribution in [0.4, 0.5) is 22.5 Å². The molecule has 36 heavy (non-hydrogen) atoms. The second-order valence-electron chi connectivity index (χ2n) is 8.10. The first-order valence-corrected chi connectivity index (χ1v) is 11.0. The Morgan fingerprint density at radius 3 is 2.69 bits per heavy atom. The van der Waals surface area contributed by atoms with E-state index in [1.165, 1.54) is 35.5 Å². The minimum absolute atomic E-state index is 0.0111. The van der Waals surface area contributed by atoms with Crippen LogP contribution in [0.2, 0.25) is 5.02 Å². The number of nitrogens with one attached hydrogen (secondary N) is 2. The molecule has 184 valence electrons. The van der Waals surface area contributed by atoms with Crippen LogP contribution in [0.3, 0.4) is 0 Å². The van der Waals surface area contributed by atoms with Crippen LogP contribution in [0.15, 0.2) is 46.1 Å². The molecule has 0 unspecified atom stereocenters. The number of rotatable bonds is 5. The molecule has 3 N–H and O–H groups in total. The molecule has 0 aliphatic heterocycles. The molecule has 0 fully saturated rings. The van der Waals surface area contributed by atoms with E-state index >= 15 is 0 Å². The minimum atomic E-state index is -1.22. The molecule has 4 heterocycles. The van der Waals surface area contributed by atoms with Gasteiger partial charge in [-0.05, 0) is 24.3 Å². The lowest BCUT2D eigenvalue weighted by Gasteiger charge is -2.12. The summed E-state index contributed by atoms with van der Waals surface area (Å²) < 4.78 is 3.93. The van der Waals surface area contributed by atoms with Gasteiger partial charge in [0.25, 0.3) is 5.56 Å². The zero-order valence-electron chi connectivity index (χ0n) is 19.4. The number of nitrogens with zero attached hydrogens (tertiary/aromatic N) is 7. The minimum Gasteiger partial charge on any atom is -0.465 e. The number of hydrogen-bond acceptors (Lipinski definition) is 7. The highest BCUT2D eigenvalue weighted by atomic mass is 35.5. The first-order chi connectivity index (χ1) is 17.2. The van der Waals surface area contributed by atoms with E-state index in [4.69, 9.17) is 16.7 Å². The van der Waals surface area contributed by atoms with Crippen LogP contribution in [-0.4, -0.2) is 51.9 Å². The highest BCUT2D eigenvalue weighted by molar-refractivity contribution is 6.35. The number of aromatic amines is 1. The standard InChI is InChI=1S/C22H20ClN9O4/c1-29-16-17(28-20(29)27-15-7-8-24-19(26-15)31(3)22(35)36)30(2)21(34)32(18(16)33)10-11-9-12-13(23)5-4-6-14(12)25-11/h4-9,25H,10H2,1-3H3,(H,35,36)(H,24,26,27,28). The SMILES string of the molecule is CN(C(=O)O)c1nccc(Nc2nc3c(c(=O)n(Cc4cc5c(Cl)cccc5[nH]4)c(=O)n3C)n2C)n1. The summed E-state index contributed by atoms with van der Waals surface area (Å²) in [4.78, 5) is 54.3. The molecular formula is C22H20ClN9O4. The third kappa shape index (κ3) is 3.75. The predicted molar refractivity (Wildman–Crippen MR) is 134 cm³/mol. The first kappa shape index (κ1) is 23.1. The van der Waals surface area contributed by atoms with Crippen LogP contribution >= 0.6 is 11.6 Å². The fourth-order valence-corrected chi connectivity index (χ4v) is 4.14. The lowest BCUT2D eigenvalue weighted by molar-refractivity contribution is 0.203. The molecule has 1 amide bonds. The number of aryl methyl sites for hydroxylation is 2. The fourth-order valence-electron chi connectivity index (χ4n) is 3.91. The first-order valence-electron chi connectivity index (χ1n) is 10.6. The number of carbonyl (C=O) groups is 1. The van der Waals surface area contributed by atoms with Gasteiger partial charge in [-0.3, -0.25) is 13.9 Å². The van der Waals surface area contributed by atoms with E-state index in [0.29, 0.717) is 10.7 Å². The summed E-state index contributed by atoms with van der Waals surface area (Å²) in [6.07, 6.45) is 0.171. The molecule has 0 bridgehead atoms. The van der Waals surface area contributed by atoms with E-state index in [1.54, 1.807) is 13.1 Å². The summed E-state index contributed by atoms with van der Waals surface area (Å²) in [5.74, 6) is 0.445. The Morgan fingerprint density at radius 1 is 1.19 bits per heavy atom. The average Bonchev–Trinajstić information content (AvgIpc) is 3.42. The number of aromatic nitrogens is 7. The van der Waals surface area contributed by atoms with Gasteiger partial charge in [-0.1, -0.05) is 17.7 Å². The second kappa shape index (κ2) is 8.53. The van der Waals surface area contributed by atoms with Gasteiger partial charge in [-0.2, -0.15) is 9.97 Å². The van der Waals surface area contributed by atoms with Gasteiger partial charge in [0.2, 0.25) is 11.9 Å². The Morgan fingerprint density at radius 2 is 1.97 bits per heavy atom. The monoisotopic (exact) mass is 509 g/mol. The number of H-pyrrole nitrogens is 1. The van der Waals surface area contributed by atoms with E-state index in [9.17, 15) is 14.4 Å². The van der Waals surface area contributed by atoms with Crippen LogP contribution in [0.25, 0.3) is 22.1 Å². The van der Waals surface area contributed by atoms with Crippen LogP contribution in [0.5, 0.6) is 0 Å². The zero-order chi connectivity index (χ0) is 25.7. The van der Waals surface area contributed by atoms with E-state index in [0.717, 1.165) is 20.4 Å². The molecule has 0 saturated heterocycles. The molecule has 5 aromatic rings. The molecule has 0 radical (unpaired) electrons. The van der Waals surface area contributed by atoms with Crippen molar-refractivity contribution in [3.8, 4) is 0 Å². The summed E-state index contributed by atoms with van der Waals surface area (Å²) in [5, 5.41) is 13.5. The van der Waals surface area contributed by atoms with Crippen molar-refractivity contribution < 1.29 is 9.90 Å². The van der Waals surface area contributed by atoms with E-state index in [2.05, 4.69) is 25.3 Å². The smallest absolute Gasteiger partial charge is 0.413 e. The quantitative estimate of drug-likeness (QED) is 0.325. The Kier molecular flexibility index (Phi) is 5.48. The molecule has 4 aromatic heterocycles. The maximum atomic E-state index is 13.4. The molecule has 13 nitrogen and oxygen atoms in total. The number of benzene rings is 1. The molecule has 0 spiro atoms. The highest BCUT2D eigenvalue weighted by Crippen LogP contribution is 2.24. The summed E-state index contributed by atoms with van der Waals surface area (Å²) in [7, 11) is 4.47. The van der Waals surface area contributed by atoms with Crippen LogP contribution in [0.1, 0.15) is 5.69 Å². The van der Waals surface area contributed by atoms with Crippen LogP contribution in [-0.2, 0) is 20.6 Å². The number of anilines is 3. The lowest BCUT2D eigenvalue weighted by atomic mass is 10.2. The van der Waals surface area contributed by atoms with Gasteiger partial charge in [-0.15, -0.1) is 0 Å². The van der Waals surface area contributed by atoms with Crippen molar-refractivity contribution in [3.63, 3.8) is 0 Å². The predicted octanol–water partition coefficient (Wildman–Crippen LogP) is 2.26. The Bertz CT molecular complexity index is 1780. The van der Waals surface area contributed by atoms with Gasteiger partial charge in [0.15, 0.2) is 11.2 Å². The third-order valence-corrected chi connectivity index (χ3v) is 6.15. The van der Waals surface area contributed by atoms with Crippen molar-refractivity contribution in [3.05, 3.63) is 68.1 Å². The van der Waals surface area contributed by atoms with Gasteiger partial charge in [0.1, 0.15) is 5.82 Å². The molecule has 0 aliphatic rings. The second-order valence-corrected chi connectivity index (χ2v) is 8.51. The summed E-state index contributed by atoms with van der Waals surface area (Å²) in [6.45, 7) is 0.0111. The van der Waals surface area contributed by atoms with Gasteiger partial charge in [0.05, 0.1) is 6.54 Å². The maximum absolute atomic E-state index is 13.4. The number of imidazole rings is 1. The zero-order valence-corrected chi connectivity index (χ0v) is 20.1. The Balaban J connectivity index is 1.56. The van der Waals surface area contributed by atoms with Gasteiger partial charge < -0.3 is 20.0 Å². The number of carboxylic acid groups (broad SMARTS) is 1. The topological polar surface area (TPSA) is 156 Å². The average molecular weight is 510 g/mol. The van der Waals surface area contributed by atoms with Crippen LogP contribution in [0, 0.1) is 0 Å². The van der Waals surface area contributed by atoms with E-state index < -0.39 is 17.3 Å². The summed E-state index contributed by atoms with van der Waals surface area (Å²) in [5.41, 5.74) is 0.777. The van der Waals surface area contributed by atoms with E-state index in [-0.39, 0.29) is 35.4 Å². The highest BCUT2D eigenvalue weighted by Gasteiger charge is 2.20. The fraction of sp³-hybridized carbons (Fsp3) is 0.182. The third-order valence-electron chi connectivity index (χ3n) is 5.82. The molecular weight excluding hydrogens is 490 g/mol. The van der Waals surface area contributed by atoms with Crippen molar-refractivity contribution >= 4 is 57.5 Å². The molecule has 5 rings (SSSR count). The lowest BCUT2D eigenvalue weighted by Crippen LogP contribution is -2.39. The largest absolute Gasteiger partial charge is 0.465 e. The Hall–Kier alpha value is -4.65. The van der Waals surface area contributed by atoms with Gasteiger partial charge in [-0.25, -0.2) is 19.5 Å². The normalized spacial score (nSPS) is 11.3. The van der Waals surface area contributed by atoms with Gasteiger partial charge >= 0.3 is 11.8 Å².